The third-order valence-electron chi connectivity index (χ3n) is 5.34. The van der Waals surface area contributed by atoms with Crippen LogP contribution in [0.15, 0.2) is 24.3 Å². The lowest BCUT2D eigenvalue weighted by Crippen LogP contribution is -2.40. The summed E-state index contributed by atoms with van der Waals surface area (Å²) in [6.45, 7) is 10.1. The number of hydrogen-bond donors (Lipinski definition) is 0. The number of hydrogen-bond acceptors (Lipinski definition) is 6. The predicted octanol–water partition coefficient (Wildman–Crippen LogP) is 2.82. The molecule has 0 aromatic carbocycles. The number of fused-ring (bicyclic) bond motifs is 1. The van der Waals surface area contributed by atoms with Gasteiger partial charge in [-0.3, -0.25) is 9.59 Å². The van der Waals surface area contributed by atoms with Crippen molar-refractivity contribution < 1.29 is 28.6 Å². The number of ether oxygens (including phenoxy) is 3. The maximum atomic E-state index is 12.6. The van der Waals surface area contributed by atoms with E-state index in [2.05, 4.69) is 6.58 Å². The fourth-order valence-corrected chi connectivity index (χ4v) is 4.22. The molecule has 0 spiro atoms. The van der Waals surface area contributed by atoms with Gasteiger partial charge in [0, 0.05) is 6.08 Å². The van der Waals surface area contributed by atoms with Crippen molar-refractivity contribution in [2.75, 3.05) is 19.8 Å². The summed E-state index contributed by atoms with van der Waals surface area (Å²) in [4.78, 5) is 36.9. The molecule has 0 bridgehead atoms. The molecule has 0 saturated heterocycles. The molecule has 144 valence electrons. The molecule has 6 heteroatoms. The lowest BCUT2D eigenvalue weighted by Gasteiger charge is -2.26. The van der Waals surface area contributed by atoms with Gasteiger partial charge in [0.1, 0.15) is 0 Å². The van der Waals surface area contributed by atoms with Gasteiger partial charge in [0.05, 0.1) is 19.8 Å². The van der Waals surface area contributed by atoms with Crippen molar-refractivity contribution in [1.29, 1.82) is 0 Å². The van der Waals surface area contributed by atoms with Gasteiger partial charge in [0.25, 0.3) is 0 Å². The van der Waals surface area contributed by atoms with Crippen LogP contribution in [-0.2, 0) is 28.6 Å². The first-order chi connectivity index (χ1) is 12.4. The zero-order chi connectivity index (χ0) is 19.3. The zero-order valence-corrected chi connectivity index (χ0v) is 15.8. The van der Waals surface area contributed by atoms with Crippen LogP contribution in [0.2, 0.25) is 0 Å². The van der Waals surface area contributed by atoms with Gasteiger partial charge in [-0.15, -0.1) is 0 Å². The zero-order valence-electron chi connectivity index (χ0n) is 15.8. The van der Waals surface area contributed by atoms with Crippen LogP contribution < -0.4 is 0 Å². The summed E-state index contributed by atoms with van der Waals surface area (Å²) in [7, 11) is 0. The van der Waals surface area contributed by atoms with Crippen LogP contribution in [0.3, 0.4) is 0 Å². The molecule has 6 nitrogen and oxygen atoms in total. The molecule has 0 unspecified atom stereocenters. The quantitative estimate of drug-likeness (QED) is 0.227. The maximum Gasteiger partial charge on any atom is 0.330 e. The Morgan fingerprint density at radius 1 is 1.04 bits per heavy atom. The summed E-state index contributed by atoms with van der Waals surface area (Å²) in [5, 5.41) is 0. The molecule has 2 fully saturated rings. The molecule has 0 N–H and O–H groups in total. The second-order valence-electron chi connectivity index (χ2n) is 6.84. The first-order valence-corrected chi connectivity index (χ1v) is 9.26. The van der Waals surface area contributed by atoms with E-state index in [1.165, 1.54) is 6.08 Å². The third kappa shape index (κ3) is 3.84. The van der Waals surface area contributed by atoms with E-state index in [4.69, 9.17) is 14.2 Å². The van der Waals surface area contributed by atoms with E-state index in [-0.39, 0.29) is 36.9 Å². The minimum Gasteiger partial charge on any atom is -0.465 e. The number of rotatable bonds is 7. The molecule has 0 heterocycles. The van der Waals surface area contributed by atoms with E-state index in [1.54, 1.807) is 20.8 Å². The van der Waals surface area contributed by atoms with Gasteiger partial charge in [-0.05, 0) is 57.8 Å². The molecule has 2 saturated carbocycles. The van der Waals surface area contributed by atoms with Gasteiger partial charge >= 0.3 is 17.9 Å². The minimum atomic E-state index is -1.28. The van der Waals surface area contributed by atoms with Crippen molar-refractivity contribution in [2.24, 2.45) is 23.2 Å². The lowest BCUT2D eigenvalue weighted by atomic mass is 9.81. The molecule has 0 amide bonds. The Morgan fingerprint density at radius 3 is 2.15 bits per heavy atom. The fraction of sp³-hybridized carbons (Fsp3) is 0.650. The van der Waals surface area contributed by atoms with E-state index in [0.717, 1.165) is 12.0 Å². The van der Waals surface area contributed by atoms with Crippen LogP contribution in [0.5, 0.6) is 0 Å². The molecule has 3 atom stereocenters. The van der Waals surface area contributed by atoms with E-state index in [0.29, 0.717) is 19.4 Å². The predicted molar refractivity (Wildman–Crippen MR) is 94.9 cm³/mol. The topological polar surface area (TPSA) is 78.9 Å². The first-order valence-electron chi connectivity index (χ1n) is 9.26. The van der Waals surface area contributed by atoms with Crippen LogP contribution in [0.25, 0.3) is 0 Å². The van der Waals surface area contributed by atoms with Crippen molar-refractivity contribution in [3.8, 4) is 0 Å². The second-order valence-corrected chi connectivity index (χ2v) is 6.84. The molecular formula is C20H28O6. The molecule has 2 rings (SSSR count). The smallest absolute Gasteiger partial charge is 0.330 e. The monoisotopic (exact) mass is 364 g/mol. The summed E-state index contributed by atoms with van der Waals surface area (Å²) in [5.74, 6) is -1.28. The Bertz CT molecular complexity index is 587. The second kappa shape index (κ2) is 8.52. The van der Waals surface area contributed by atoms with Crippen molar-refractivity contribution in [2.45, 2.75) is 40.0 Å². The van der Waals surface area contributed by atoms with Crippen LogP contribution >= 0.6 is 0 Å². The van der Waals surface area contributed by atoms with Crippen LogP contribution in [-0.4, -0.2) is 37.7 Å². The summed E-state index contributed by atoms with van der Waals surface area (Å²) in [5.41, 5.74) is -0.273. The Morgan fingerprint density at radius 2 is 1.62 bits per heavy atom. The lowest BCUT2D eigenvalue weighted by molar-refractivity contribution is -0.172. The van der Waals surface area contributed by atoms with Crippen LogP contribution in [0.1, 0.15) is 40.0 Å². The average molecular weight is 364 g/mol. The molecule has 2 aliphatic rings. The fourth-order valence-electron chi connectivity index (χ4n) is 4.22. The van der Waals surface area contributed by atoms with Gasteiger partial charge in [0.15, 0.2) is 5.41 Å². The summed E-state index contributed by atoms with van der Waals surface area (Å²) >= 11 is 0. The van der Waals surface area contributed by atoms with E-state index < -0.39 is 17.4 Å². The normalized spacial score (nSPS) is 26.6. The highest BCUT2D eigenvalue weighted by Crippen LogP contribution is 2.58. The number of carbonyl (C=O) groups is 3. The van der Waals surface area contributed by atoms with Gasteiger partial charge in [-0.1, -0.05) is 18.2 Å². The molecule has 0 radical (unpaired) electrons. The van der Waals surface area contributed by atoms with Crippen molar-refractivity contribution in [3.63, 3.8) is 0 Å². The summed E-state index contributed by atoms with van der Waals surface area (Å²) in [6, 6.07) is 0. The van der Waals surface area contributed by atoms with E-state index >= 15 is 0 Å². The highest BCUT2D eigenvalue weighted by molar-refractivity contribution is 6.00. The number of allylic oxidation sites excluding steroid dienone is 2. The third-order valence-corrected chi connectivity index (χ3v) is 5.34. The Hall–Kier alpha value is -2.11. The minimum absolute atomic E-state index is 0.0423. The molecule has 0 aliphatic heterocycles. The Kier molecular flexibility index (Phi) is 6.62. The van der Waals surface area contributed by atoms with E-state index in [9.17, 15) is 14.4 Å². The number of carbonyl (C=O) groups excluding carboxylic acids is 3. The molecular weight excluding hydrogens is 336 g/mol. The van der Waals surface area contributed by atoms with Gasteiger partial charge in [-0.2, -0.15) is 0 Å². The Balaban J connectivity index is 2.24. The largest absolute Gasteiger partial charge is 0.465 e. The number of esters is 3. The molecule has 0 aromatic heterocycles. The van der Waals surface area contributed by atoms with Gasteiger partial charge in [0.2, 0.25) is 0 Å². The van der Waals surface area contributed by atoms with Crippen molar-refractivity contribution >= 4 is 17.9 Å². The SMILES string of the molecule is C=C1C[C@@H](/C=C/C(=O)OCC)[C@@H]2CC(C(=O)OCC)(C(=O)OCC)C[C@H]12. The molecule has 2 aliphatic carbocycles. The van der Waals surface area contributed by atoms with Crippen LogP contribution in [0, 0.1) is 23.2 Å². The van der Waals surface area contributed by atoms with Gasteiger partial charge in [-0.25, -0.2) is 4.79 Å². The Labute approximate surface area is 154 Å². The van der Waals surface area contributed by atoms with Gasteiger partial charge < -0.3 is 14.2 Å². The molecule has 26 heavy (non-hydrogen) atoms. The highest BCUT2D eigenvalue weighted by Gasteiger charge is 2.60. The first kappa shape index (κ1) is 20.2. The summed E-state index contributed by atoms with van der Waals surface area (Å²) < 4.78 is 15.3. The van der Waals surface area contributed by atoms with Crippen molar-refractivity contribution in [1.82, 2.24) is 0 Å². The van der Waals surface area contributed by atoms with E-state index in [1.807, 2.05) is 6.08 Å². The standard InChI is InChI=1S/C20H28O6/c1-5-24-17(21)9-8-14-10-13(4)15-11-20(12-16(14)15,18(22)25-6-2)19(23)26-7-3/h8-9,14-16H,4-7,10-12H2,1-3H3/b9-8+/t14-,15-,16+/m1/s1. The van der Waals surface area contributed by atoms with Crippen molar-refractivity contribution in [3.05, 3.63) is 24.3 Å². The highest BCUT2D eigenvalue weighted by atomic mass is 16.6. The molecule has 0 aromatic rings. The average Bonchev–Trinajstić information content (AvgIpc) is 3.12. The van der Waals surface area contributed by atoms with Crippen LogP contribution in [0.4, 0.5) is 0 Å². The maximum absolute atomic E-state index is 12.6. The summed E-state index contributed by atoms with van der Waals surface area (Å²) in [6.07, 6.45) is 4.70.